The lowest BCUT2D eigenvalue weighted by atomic mass is 9.97. The maximum Gasteiger partial charge on any atom is 0.240 e. The van der Waals surface area contributed by atoms with E-state index in [9.17, 15) is 14.7 Å². The van der Waals surface area contributed by atoms with Crippen LogP contribution in [0.4, 0.5) is 0 Å². The first kappa shape index (κ1) is 20.8. The van der Waals surface area contributed by atoms with Gasteiger partial charge in [-0.2, -0.15) is 0 Å². The van der Waals surface area contributed by atoms with Gasteiger partial charge in [-0.05, 0) is 38.2 Å². The van der Waals surface area contributed by atoms with Gasteiger partial charge in [0.05, 0.1) is 18.7 Å². The molecule has 4 atom stereocenters. The average Bonchev–Trinajstić information content (AvgIpc) is 3.39. The van der Waals surface area contributed by atoms with Crippen LogP contribution in [0, 0.1) is 0 Å². The average molecular weight is 411 g/mol. The maximum absolute atomic E-state index is 12.2. The first-order valence-electron chi connectivity index (χ1n) is 10.9. The van der Waals surface area contributed by atoms with E-state index >= 15 is 0 Å². The van der Waals surface area contributed by atoms with Crippen LogP contribution in [-0.4, -0.2) is 58.0 Å². The molecule has 2 saturated heterocycles. The number of nitrogens with one attached hydrogen (secondary N) is 2. The highest BCUT2D eigenvalue weighted by atomic mass is 16.3. The Morgan fingerprint density at radius 3 is 3.00 bits per heavy atom. The number of carbonyl (C=O) groups is 2. The number of pyridine rings is 1. The summed E-state index contributed by atoms with van der Waals surface area (Å²) in [6, 6.07) is 4.13. The van der Waals surface area contributed by atoms with E-state index in [2.05, 4.69) is 27.8 Å². The third-order valence-corrected chi connectivity index (χ3v) is 6.19. The molecule has 2 amide bonds. The zero-order valence-electron chi connectivity index (χ0n) is 17.2. The second kappa shape index (κ2) is 9.53. The Morgan fingerprint density at radius 1 is 1.40 bits per heavy atom. The number of likely N-dealkylation sites (tertiary alicyclic amines) is 1. The molecule has 0 spiro atoms. The first-order chi connectivity index (χ1) is 14.6. The molecule has 1 aromatic heterocycles. The molecule has 3 aliphatic rings. The molecule has 3 heterocycles. The van der Waals surface area contributed by atoms with Crippen molar-refractivity contribution in [1.29, 1.82) is 0 Å². The minimum Gasteiger partial charge on any atom is -0.387 e. The summed E-state index contributed by atoms with van der Waals surface area (Å²) < 4.78 is 0. The predicted octanol–water partition coefficient (Wildman–Crippen LogP) is 1.62. The fourth-order valence-electron chi connectivity index (χ4n) is 4.55. The van der Waals surface area contributed by atoms with E-state index in [0.29, 0.717) is 19.0 Å². The second-order valence-electron chi connectivity index (χ2n) is 8.45. The number of amides is 2. The summed E-state index contributed by atoms with van der Waals surface area (Å²) in [5.41, 5.74) is 2.10. The van der Waals surface area contributed by atoms with Gasteiger partial charge in [0.1, 0.15) is 0 Å². The van der Waals surface area contributed by atoms with Gasteiger partial charge < -0.3 is 20.6 Å². The van der Waals surface area contributed by atoms with Crippen molar-refractivity contribution in [2.75, 3.05) is 13.1 Å². The molecule has 2 fully saturated rings. The van der Waals surface area contributed by atoms with Gasteiger partial charge in [0.25, 0.3) is 0 Å². The Morgan fingerprint density at radius 2 is 2.30 bits per heavy atom. The monoisotopic (exact) mass is 410 g/mol. The Labute approximate surface area is 177 Å². The quantitative estimate of drug-likeness (QED) is 0.635. The Kier molecular flexibility index (Phi) is 6.59. The molecule has 3 N–H and O–H groups in total. The van der Waals surface area contributed by atoms with E-state index in [4.69, 9.17) is 0 Å². The lowest BCUT2D eigenvalue weighted by Gasteiger charge is -2.22. The summed E-state index contributed by atoms with van der Waals surface area (Å²) in [6.07, 6.45) is 14.2. The van der Waals surface area contributed by atoms with Crippen LogP contribution in [0.15, 0.2) is 48.3 Å². The number of nitrogens with zero attached hydrogens (tertiary/aromatic N) is 2. The van der Waals surface area contributed by atoms with Gasteiger partial charge in [-0.25, -0.2) is 0 Å². The Hall–Kier alpha value is -2.51. The summed E-state index contributed by atoms with van der Waals surface area (Å²) in [7, 11) is 0. The largest absolute Gasteiger partial charge is 0.387 e. The van der Waals surface area contributed by atoms with Gasteiger partial charge in [-0.15, -0.1) is 0 Å². The highest BCUT2D eigenvalue weighted by molar-refractivity contribution is 5.86. The molecular formula is C23H30N4O3. The lowest BCUT2D eigenvalue weighted by molar-refractivity contribution is -0.133. The van der Waals surface area contributed by atoms with Crippen molar-refractivity contribution in [2.45, 2.75) is 62.8 Å². The van der Waals surface area contributed by atoms with Crippen molar-refractivity contribution < 1.29 is 14.7 Å². The third kappa shape index (κ3) is 5.15. The number of aliphatic hydroxyl groups is 1. The smallest absolute Gasteiger partial charge is 0.240 e. The van der Waals surface area contributed by atoms with E-state index < -0.39 is 6.10 Å². The third-order valence-electron chi connectivity index (χ3n) is 6.19. The number of carbonyl (C=O) groups excluding carboxylic acids is 2. The molecule has 7 heteroatoms. The van der Waals surface area contributed by atoms with Gasteiger partial charge in [-0.1, -0.05) is 29.9 Å². The topological polar surface area (TPSA) is 94.6 Å². The van der Waals surface area contributed by atoms with E-state index in [-0.39, 0.29) is 30.4 Å². The van der Waals surface area contributed by atoms with E-state index in [1.54, 1.807) is 17.3 Å². The van der Waals surface area contributed by atoms with Crippen LogP contribution in [0.2, 0.25) is 0 Å². The predicted molar refractivity (Wildman–Crippen MR) is 113 cm³/mol. The Balaban J connectivity index is 1.20. The van der Waals surface area contributed by atoms with E-state index in [1.165, 1.54) is 5.57 Å². The number of hydrogen-bond donors (Lipinski definition) is 3. The Bertz CT molecular complexity index is 823. The standard InChI is InChI=1S/C23H30N4O3/c28-21(15-27-12-2-4-22(27)29)26-18-7-5-16(6-8-18)13-19-9-10-20(25-19)23(30)17-3-1-11-24-14-17/h1,3,5-7,11,14,18-20,23,25,30H,2,4,8-10,12-13,15H2,(H,26,28)/t18?,19-,20+,23+/m0/s1. The van der Waals surface area contributed by atoms with Crippen LogP contribution in [0.1, 0.15) is 50.2 Å². The SMILES string of the molecule is O=C(CN1CCCC1=O)NC1C=CC(C[C@@H]2CC[C@H]([C@H](O)c3cccnc3)N2)=CC1. The van der Waals surface area contributed by atoms with Crippen LogP contribution in [-0.2, 0) is 9.59 Å². The molecule has 0 bridgehead atoms. The number of rotatable bonds is 7. The molecule has 0 radical (unpaired) electrons. The van der Waals surface area contributed by atoms with Gasteiger partial charge in [0, 0.05) is 43.0 Å². The van der Waals surface area contributed by atoms with Crippen molar-refractivity contribution in [3.05, 3.63) is 53.9 Å². The summed E-state index contributed by atoms with van der Waals surface area (Å²) in [6.45, 7) is 0.841. The first-order valence-corrected chi connectivity index (χ1v) is 10.9. The number of allylic oxidation sites excluding steroid dienone is 1. The molecule has 4 rings (SSSR count). The molecule has 1 aromatic rings. The normalized spacial score (nSPS) is 27.2. The van der Waals surface area contributed by atoms with Crippen LogP contribution >= 0.6 is 0 Å². The van der Waals surface area contributed by atoms with Gasteiger partial charge >= 0.3 is 0 Å². The van der Waals surface area contributed by atoms with Crippen LogP contribution in [0.5, 0.6) is 0 Å². The molecule has 160 valence electrons. The summed E-state index contributed by atoms with van der Waals surface area (Å²) in [5, 5.41) is 17.2. The molecule has 0 aromatic carbocycles. The van der Waals surface area contributed by atoms with Crippen molar-refractivity contribution in [3.63, 3.8) is 0 Å². The van der Waals surface area contributed by atoms with Crippen LogP contribution in [0.3, 0.4) is 0 Å². The number of aromatic nitrogens is 1. The van der Waals surface area contributed by atoms with E-state index in [1.807, 2.05) is 18.2 Å². The molecular weight excluding hydrogens is 380 g/mol. The fourth-order valence-corrected chi connectivity index (χ4v) is 4.55. The second-order valence-corrected chi connectivity index (χ2v) is 8.45. The summed E-state index contributed by atoms with van der Waals surface area (Å²) in [4.78, 5) is 29.6. The molecule has 1 unspecified atom stereocenters. The summed E-state index contributed by atoms with van der Waals surface area (Å²) in [5.74, 6) is -0.0241. The van der Waals surface area contributed by atoms with Crippen molar-refractivity contribution >= 4 is 11.8 Å². The van der Waals surface area contributed by atoms with Crippen molar-refractivity contribution in [1.82, 2.24) is 20.5 Å². The minimum atomic E-state index is -0.540. The molecule has 0 saturated carbocycles. The molecule has 2 aliphatic heterocycles. The highest BCUT2D eigenvalue weighted by Crippen LogP contribution is 2.28. The zero-order valence-corrected chi connectivity index (χ0v) is 17.2. The summed E-state index contributed by atoms with van der Waals surface area (Å²) >= 11 is 0. The van der Waals surface area contributed by atoms with Crippen molar-refractivity contribution in [3.8, 4) is 0 Å². The van der Waals surface area contributed by atoms with Gasteiger partial charge in [-0.3, -0.25) is 14.6 Å². The maximum atomic E-state index is 12.2. The molecule has 7 nitrogen and oxygen atoms in total. The number of aliphatic hydroxyl groups excluding tert-OH is 1. The van der Waals surface area contributed by atoms with Crippen LogP contribution < -0.4 is 10.6 Å². The minimum absolute atomic E-state index is 0.0179. The van der Waals surface area contributed by atoms with E-state index in [0.717, 1.165) is 37.7 Å². The zero-order chi connectivity index (χ0) is 20.9. The van der Waals surface area contributed by atoms with Crippen molar-refractivity contribution in [2.24, 2.45) is 0 Å². The van der Waals surface area contributed by atoms with Crippen LogP contribution in [0.25, 0.3) is 0 Å². The number of hydrogen-bond acceptors (Lipinski definition) is 5. The van der Waals surface area contributed by atoms with Gasteiger partial charge in [0.2, 0.25) is 11.8 Å². The lowest BCUT2D eigenvalue weighted by Crippen LogP contribution is -2.42. The molecule has 30 heavy (non-hydrogen) atoms. The van der Waals surface area contributed by atoms with Gasteiger partial charge in [0.15, 0.2) is 0 Å². The highest BCUT2D eigenvalue weighted by Gasteiger charge is 2.30. The molecule has 1 aliphatic carbocycles. The fraction of sp³-hybridized carbons (Fsp3) is 0.522.